The van der Waals surface area contributed by atoms with Gasteiger partial charge in [-0.2, -0.15) is 0 Å². The van der Waals surface area contributed by atoms with Crippen molar-refractivity contribution in [3.05, 3.63) is 70.8 Å². The van der Waals surface area contributed by atoms with E-state index in [-0.39, 0.29) is 6.42 Å². The van der Waals surface area contributed by atoms with E-state index in [9.17, 15) is 24.0 Å². The number of carbonyl (C=O) groups excluding carboxylic acids is 5. The molecule has 2 rings (SSSR count). The number of nitrogens with two attached hydrogens (primary N) is 1. The highest BCUT2D eigenvalue weighted by Gasteiger charge is 2.41. The van der Waals surface area contributed by atoms with E-state index in [0.29, 0.717) is 5.56 Å². The van der Waals surface area contributed by atoms with Crippen LogP contribution in [-0.2, 0) is 35.1 Å². The minimum Gasteiger partial charge on any atom is -0.458 e. The van der Waals surface area contributed by atoms with Crippen LogP contribution in [0.4, 0.5) is 4.79 Å². The summed E-state index contributed by atoms with van der Waals surface area (Å²) in [6.45, 7) is 17.3. The molecule has 0 aliphatic heterocycles. The van der Waals surface area contributed by atoms with Gasteiger partial charge in [0.25, 0.3) is 0 Å². The number of aryl methyl sites for hydroxylation is 2. The van der Waals surface area contributed by atoms with Crippen LogP contribution >= 0.6 is 0 Å². The molecule has 3 atom stereocenters. The average Bonchev–Trinajstić information content (AvgIpc) is 2.89. The van der Waals surface area contributed by atoms with Crippen LogP contribution in [0.15, 0.2) is 48.5 Å². The van der Waals surface area contributed by atoms with Gasteiger partial charge in [0.05, 0.1) is 6.42 Å². The van der Waals surface area contributed by atoms with Crippen molar-refractivity contribution in [1.82, 2.24) is 15.5 Å². The van der Waals surface area contributed by atoms with Gasteiger partial charge in [-0.3, -0.25) is 14.4 Å². The smallest absolute Gasteiger partial charge is 0.408 e. The monoisotopic (exact) mass is 638 g/mol. The van der Waals surface area contributed by atoms with Gasteiger partial charge in [-0.25, -0.2) is 9.59 Å². The van der Waals surface area contributed by atoms with Gasteiger partial charge < -0.3 is 30.7 Å². The number of hydrogen-bond acceptors (Lipinski definition) is 7. The Hall–Kier alpha value is -4.41. The van der Waals surface area contributed by atoms with Crippen molar-refractivity contribution < 1.29 is 33.4 Å². The minimum atomic E-state index is -1.43. The lowest BCUT2D eigenvalue weighted by atomic mass is 9.92. The Kier molecular flexibility index (Phi) is 12.9. The summed E-state index contributed by atoms with van der Waals surface area (Å²) in [6.07, 6.45) is -1.31. The second kappa shape index (κ2) is 15.7. The lowest BCUT2D eigenvalue weighted by Crippen LogP contribution is -2.57. The van der Waals surface area contributed by atoms with Gasteiger partial charge >= 0.3 is 12.1 Å². The minimum absolute atomic E-state index is 0.140. The van der Waals surface area contributed by atoms with Crippen molar-refractivity contribution in [2.75, 3.05) is 0 Å². The topological polar surface area (TPSA) is 157 Å². The Labute approximate surface area is 272 Å². The fourth-order valence-electron chi connectivity index (χ4n) is 5.03. The van der Waals surface area contributed by atoms with Gasteiger partial charge in [0.2, 0.25) is 17.7 Å². The van der Waals surface area contributed by atoms with E-state index in [1.807, 2.05) is 62.4 Å². The molecule has 4 N–H and O–H groups in total. The summed E-state index contributed by atoms with van der Waals surface area (Å²) in [4.78, 5) is 68.5. The van der Waals surface area contributed by atoms with Gasteiger partial charge in [-0.15, -0.1) is 0 Å². The summed E-state index contributed by atoms with van der Waals surface area (Å²) < 4.78 is 11.0. The molecule has 11 heteroatoms. The van der Waals surface area contributed by atoms with Crippen LogP contribution in [-0.4, -0.2) is 64.0 Å². The normalized spacial score (nSPS) is 13.6. The molecule has 252 valence electrons. The number of primary amides is 1. The van der Waals surface area contributed by atoms with Crippen molar-refractivity contribution in [3.63, 3.8) is 0 Å². The summed E-state index contributed by atoms with van der Waals surface area (Å²) in [6, 6.07) is 10.3. The first-order chi connectivity index (χ1) is 21.2. The van der Waals surface area contributed by atoms with E-state index in [1.165, 1.54) is 4.90 Å². The van der Waals surface area contributed by atoms with Crippen LogP contribution < -0.4 is 16.4 Å². The van der Waals surface area contributed by atoms with Gasteiger partial charge in [-0.05, 0) is 91.5 Å². The maximum atomic E-state index is 14.5. The standard InChI is InChI=1S/C35H50N4O7/c1-21(2)39(31(42)25(20-27(36)40)38-33(44)46-35(8,9)10)29(28-22(3)15-14-16-23(28)4)30(41)37-26(32(43)45-34(5,6)7)19-24-17-12-11-13-18-24/h11-18,21,25-26,29H,19-20H2,1-10H3,(H2,36,40)(H,37,41)(H,38,44). The van der Waals surface area contributed by atoms with Crippen molar-refractivity contribution in [3.8, 4) is 0 Å². The molecule has 0 aliphatic carbocycles. The van der Waals surface area contributed by atoms with Crippen molar-refractivity contribution in [2.45, 2.75) is 117 Å². The predicted molar refractivity (Wildman–Crippen MR) is 176 cm³/mol. The van der Waals surface area contributed by atoms with E-state index in [0.717, 1.165) is 16.7 Å². The van der Waals surface area contributed by atoms with E-state index >= 15 is 0 Å². The molecule has 0 fully saturated rings. The third kappa shape index (κ3) is 11.5. The Morgan fingerprint density at radius 3 is 1.80 bits per heavy atom. The second-order valence-corrected chi connectivity index (χ2v) is 13.7. The average molecular weight is 639 g/mol. The molecule has 46 heavy (non-hydrogen) atoms. The van der Waals surface area contributed by atoms with Crippen LogP contribution in [0.25, 0.3) is 0 Å². The molecule has 0 spiro atoms. The van der Waals surface area contributed by atoms with Crippen molar-refractivity contribution in [2.24, 2.45) is 5.73 Å². The Balaban J connectivity index is 2.67. The summed E-state index contributed by atoms with van der Waals surface area (Å²) >= 11 is 0. The number of esters is 1. The number of hydrogen-bond donors (Lipinski definition) is 3. The van der Waals surface area contributed by atoms with Crippen LogP contribution in [0.5, 0.6) is 0 Å². The maximum absolute atomic E-state index is 14.5. The molecular formula is C35H50N4O7. The van der Waals surface area contributed by atoms with Crippen LogP contribution in [0, 0.1) is 13.8 Å². The van der Waals surface area contributed by atoms with Crippen LogP contribution in [0.3, 0.4) is 0 Å². The highest BCUT2D eigenvalue weighted by atomic mass is 16.6. The van der Waals surface area contributed by atoms with E-state index in [2.05, 4.69) is 10.6 Å². The highest BCUT2D eigenvalue weighted by molar-refractivity contribution is 5.96. The molecule has 0 saturated carbocycles. The Morgan fingerprint density at radius 2 is 1.33 bits per heavy atom. The van der Waals surface area contributed by atoms with Crippen molar-refractivity contribution >= 4 is 29.8 Å². The van der Waals surface area contributed by atoms with Gasteiger partial charge in [0.15, 0.2) is 0 Å². The lowest BCUT2D eigenvalue weighted by Gasteiger charge is -2.38. The molecule has 0 radical (unpaired) electrons. The number of nitrogens with zero attached hydrogens (tertiary/aromatic N) is 1. The molecule has 0 saturated heterocycles. The van der Waals surface area contributed by atoms with Crippen LogP contribution in [0.2, 0.25) is 0 Å². The number of ether oxygens (including phenoxy) is 2. The molecular weight excluding hydrogens is 588 g/mol. The maximum Gasteiger partial charge on any atom is 0.408 e. The Bertz CT molecular complexity index is 1370. The van der Waals surface area contributed by atoms with E-state index < -0.39 is 71.6 Å². The van der Waals surface area contributed by atoms with Gasteiger partial charge in [-0.1, -0.05) is 48.5 Å². The number of rotatable bonds is 12. The van der Waals surface area contributed by atoms with E-state index in [4.69, 9.17) is 15.2 Å². The molecule has 11 nitrogen and oxygen atoms in total. The number of nitrogens with one attached hydrogen (secondary N) is 2. The largest absolute Gasteiger partial charge is 0.458 e. The van der Waals surface area contributed by atoms with Gasteiger partial charge in [0, 0.05) is 12.5 Å². The first-order valence-electron chi connectivity index (χ1n) is 15.4. The molecule has 0 aliphatic rings. The molecule has 2 aromatic rings. The third-order valence-corrected chi connectivity index (χ3v) is 6.84. The third-order valence-electron chi connectivity index (χ3n) is 6.84. The quantitative estimate of drug-likeness (QED) is 0.291. The number of alkyl carbamates (subject to hydrolysis) is 1. The number of amides is 4. The first-order valence-corrected chi connectivity index (χ1v) is 15.4. The zero-order valence-electron chi connectivity index (χ0n) is 28.7. The highest BCUT2D eigenvalue weighted by Crippen LogP contribution is 2.31. The zero-order chi connectivity index (χ0) is 35.0. The molecule has 2 aromatic carbocycles. The van der Waals surface area contributed by atoms with Crippen molar-refractivity contribution in [1.29, 1.82) is 0 Å². The number of carbonyl (C=O) groups is 5. The second-order valence-electron chi connectivity index (χ2n) is 13.7. The molecule has 0 heterocycles. The number of benzene rings is 2. The molecule has 3 unspecified atom stereocenters. The first kappa shape index (κ1) is 37.8. The Morgan fingerprint density at radius 1 is 0.783 bits per heavy atom. The fourth-order valence-corrected chi connectivity index (χ4v) is 5.03. The summed E-state index contributed by atoms with van der Waals surface area (Å²) in [7, 11) is 0. The zero-order valence-corrected chi connectivity index (χ0v) is 28.7. The molecule has 4 amide bonds. The van der Waals surface area contributed by atoms with E-state index in [1.54, 1.807) is 55.4 Å². The lowest BCUT2D eigenvalue weighted by molar-refractivity contribution is -0.159. The van der Waals surface area contributed by atoms with Gasteiger partial charge in [0.1, 0.15) is 29.3 Å². The molecule has 0 aromatic heterocycles. The summed E-state index contributed by atoms with van der Waals surface area (Å²) in [5, 5.41) is 5.34. The molecule has 0 bridgehead atoms. The summed E-state index contributed by atoms with van der Waals surface area (Å²) in [5.41, 5.74) is 6.58. The van der Waals surface area contributed by atoms with Crippen LogP contribution in [0.1, 0.15) is 90.1 Å². The SMILES string of the molecule is Cc1cccc(C)c1C(C(=O)NC(Cc1ccccc1)C(=O)OC(C)(C)C)N(C(=O)C(CC(N)=O)NC(=O)OC(C)(C)C)C(C)C. The predicted octanol–water partition coefficient (Wildman–Crippen LogP) is 4.42. The fraction of sp³-hybridized carbons (Fsp3) is 0.514. The summed E-state index contributed by atoms with van der Waals surface area (Å²) in [5.74, 6) is -2.83.